The standard InChI is InChI=1S/C15H15BrN2O2/c1-10(2)20-13-5-3-4-11(8-13)15(19)18-14-9-12(16)6-7-17-14/h3-10H,1-2H3,(H,17,18,19). The fraction of sp³-hybridized carbons (Fsp3) is 0.200. The zero-order chi connectivity index (χ0) is 14.5. The molecule has 0 saturated heterocycles. The van der Waals surface area contributed by atoms with Crippen LogP contribution in [0.15, 0.2) is 47.1 Å². The largest absolute Gasteiger partial charge is 0.491 e. The summed E-state index contributed by atoms with van der Waals surface area (Å²) in [5.41, 5.74) is 0.532. The fourth-order valence-corrected chi connectivity index (χ4v) is 1.98. The van der Waals surface area contributed by atoms with Crippen LogP contribution >= 0.6 is 15.9 Å². The topological polar surface area (TPSA) is 51.2 Å². The summed E-state index contributed by atoms with van der Waals surface area (Å²) in [6.45, 7) is 3.89. The highest BCUT2D eigenvalue weighted by molar-refractivity contribution is 9.10. The number of ether oxygens (including phenoxy) is 1. The minimum atomic E-state index is -0.218. The number of hydrogen-bond donors (Lipinski definition) is 1. The van der Waals surface area contributed by atoms with E-state index in [1.54, 1.807) is 36.5 Å². The van der Waals surface area contributed by atoms with Crippen LogP contribution in [0.4, 0.5) is 5.82 Å². The van der Waals surface area contributed by atoms with Gasteiger partial charge in [-0.15, -0.1) is 0 Å². The van der Waals surface area contributed by atoms with Crippen molar-refractivity contribution in [1.82, 2.24) is 4.98 Å². The molecule has 104 valence electrons. The van der Waals surface area contributed by atoms with E-state index in [2.05, 4.69) is 26.2 Å². The number of rotatable bonds is 4. The number of nitrogens with zero attached hydrogens (tertiary/aromatic N) is 1. The summed E-state index contributed by atoms with van der Waals surface area (Å²) in [6, 6.07) is 10.6. The highest BCUT2D eigenvalue weighted by atomic mass is 79.9. The number of nitrogens with one attached hydrogen (secondary N) is 1. The van der Waals surface area contributed by atoms with Crippen LogP contribution in [0.2, 0.25) is 0 Å². The lowest BCUT2D eigenvalue weighted by Gasteiger charge is -2.11. The van der Waals surface area contributed by atoms with Gasteiger partial charge in [0.1, 0.15) is 11.6 Å². The second kappa shape index (κ2) is 6.52. The number of carbonyl (C=O) groups is 1. The third-order valence-electron chi connectivity index (χ3n) is 2.43. The van der Waals surface area contributed by atoms with E-state index in [1.807, 2.05) is 19.9 Å². The molecule has 20 heavy (non-hydrogen) atoms. The average molecular weight is 335 g/mol. The molecule has 0 aliphatic carbocycles. The van der Waals surface area contributed by atoms with Crippen LogP contribution in [-0.4, -0.2) is 17.0 Å². The van der Waals surface area contributed by atoms with Gasteiger partial charge in [0.15, 0.2) is 0 Å². The Balaban J connectivity index is 2.13. The second-order valence-corrected chi connectivity index (χ2v) is 5.42. The molecule has 5 heteroatoms. The fourth-order valence-electron chi connectivity index (χ4n) is 1.64. The number of halogens is 1. The van der Waals surface area contributed by atoms with Gasteiger partial charge in [0.2, 0.25) is 0 Å². The predicted octanol–water partition coefficient (Wildman–Crippen LogP) is 3.88. The molecule has 0 aliphatic heterocycles. The van der Waals surface area contributed by atoms with E-state index in [9.17, 15) is 4.79 Å². The highest BCUT2D eigenvalue weighted by Gasteiger charge is 2.08. The van der Waals surface area contributed by atoms with Crippen molar-refractivity contribution in [3.8, 4) is 5.75 Å². The number of carbonyl (C=O) groups excluding carboxylic acids is 1. The average Bonchev–Trinajstić information content (AvgIpc) is 2.38. The van der Waals surface area contributed by atoms with E-state index in [0.717, 1.165) is 4.47 Å². The van der Waals surface area contributed by atoms with Gasteiger partial charge in [-0.3, -0.25) is 4.79 Å². The molecule has 0 unspecified atom stereocenters. The minimum absolute atomic E-state index is 0.0695. The summed E-state index contributed by atoms with van der Waals surface area (Å²) in [6.07, 6.45) is 1.69. The Morgan fingerprint density at radius 1 is 1.30 bits per heavy atom. The summed E-state index contributed by atoms with van der Waals surface area (Å²) in [5.74, 6) is 0.958. The van der Waals surface area contributed by atoms with E-state index in [0.29, 0.717) is 17.1 Å². The Hall–Kier alpha value is -1.88. The molecule has 0 radical (unpaired) electrons. The van der Waals surface area contributed by atoms with Crippen molar-refractivity contribution in [2.24, 2.45) is 0 Å². The van der Waals surface area contributed by atoms with Gasteiger partial charge in [-0.25, -0.2) is 4.98 Å². The zero-order valence-electron chi connectivity index (χ0n) is 11.3. The maximum atomic E-state index is 12.1. The number of amides is 1. The third-order valence-corrected chi connectivity index (χ3v) is 2.92. The van der Waals surface area contributed by atoms with Crippen LogP contribution < -0.4 is 10.1 Å². The molecule has 2 aromatic rings. The van der Waals surface area contributed by atoms with Crippen molar-refractivity contribution in [2.75, 3.05) is 5.32 Å². The van der Waals surface area contributed by atoms with Crippen molar-refractivity contribution in [3.63, 3.8) is 0 Å². The zero-order valence-corrected chi connectivity index (χ0v) is 12.8. The quantitative estimate of drug-likeness (QED) is 0.922. The molecule has 0 atom stereocenters. The first-order valence-corrected chi connectivity index (χ1v) is 7.03. The van der Waals surface area contributed by atoms with E-state index < -0.39 is 0 Å². The summed E-state index contributed by atoms with van der Waals surface area (Å²) < 4.78 is 6.43. The van der Waals surface area contributed by atoms with Crippen LogP contribution in [0.3, 0.4) is 0 Å². The van der Waals surface area contributed by atoms with Gasteiger partial charge in [0, 0.05) is 16.2 Å². The molecule has 0 bridgehead atoms. The van der Waals surface area contributed by atoms with Crippen LogP contribution in [0.1, 0.15) is 24.2 Å². The lowest BCUT2D eigenvalue weighted by atomic mass is 10.2. The Morgan fingerprint density at radius 2 is 2.10 bits per heavy atom. The maximum Gasteiger partial charge on any atom is 0.256 e. The Bertz CT molecular complexity index is 614. The number of anilines is 1. The molecule has 1 N–H and O–H groups in total. The molecule has 0 spiro atoms. The monoisotopic (exact) mass is 334 g/mol. The molecule has 1 amide bonds. The highest BCUT2D eigenvalue weighted by Crippen LogP contribution is 2.17. The van der Waals surface area contributed by atoms with Gasteiger partial charge in [0.05, 0.1) is 6.10 Å². The van der Waals surface area contributed by atoms with Gasteiger partial charge >= 0.3 is 0 Å². The molecule has 2 rings (SSSR count). The molecule has 0 aliphatic rings. The van der Waals surface area contributed by atoms with Crippen molar-refractivity contribution in [2.45, 2.75) is 20.0 Å². The third kappa shape index (κ3) is 4.06. The van der Waals surface area contributed by atoms with Crippen molar-refractivity contribution in [1.29, 1.82) is 0 Å². The molecule has 0 saturated carbocycles. The van der Waals surface area contributed by atoms with Gasteiger partial charge in [-0.2, -0.15) is 0 Å². The van der Waals surface area contributed by atoms with E-state index in [4.69, 9.17) is 4.74 Å². The van der Waals surface area contributed by atoms with Gasteiger partial charge in [0.25, 0.3) is 5.91 Å². The number of hydrogen-bond acceptors (Lipinski definition) is 3. The molecule has 0 fully saturated rings. The smallest absolute Gasteiger partial charge is 0.256 e. The Morgan fingerprint density at radius 3 is 2.80 bits per heavy atom. The van der Waals surface area contributed by atoms with Crippen molar-refractivity contribution >= 4 is 27.7 Å². The number of benzene rings is 1. The van der Waals surface area contributed by atoms with Crippen molar-refractivity contribution < 1.29 is 9.53 Å². The summed E-state index contributed by atoms with van der Waals surface area (Å²) in [7, 11) is 0. The summed E-state index contributed by atoms with van der Waals surface area (Å²) >= 11 is 3.34. The van der Waals surface area contributed by atoms with Crippen LogP contribution in [0.5, 0.6) is 5.75 Å². The number of aromatic nitrogens is 1. The first-order chi connectivity index (χ1) is 9.54. The lowest BCUT2D eigenvalue weighted by molar-refractivity contribution is 0.102. The summed E-state index contributed by atoms with van der Waals surface area (Å²) in [5, 5.41) is 2.74. The SMILES string of the molecule is CC(C)Oc1cccc(C(=O)Nc2cc(Br)ccn2)c1. The predicted molar refractivity (Wildman–Crippen MR) is 82.1 cm³/mol. The summed E-state index contributed by atoms with van der Waals surface area (Å²) in [4.78, 5) is 16.2. The molecule has 1 aromatic heterocycles. The number of pyridine rings is 1. The molecular weight excluding hydrogens is 320 g/mol. The Kier molecular flexibility index (Phi) is 4.74. The van der Waals surface area contributed by atoms with E-state index in [-0.39, 0.29) is 12.0 Å². The lowest BCUT2D eigenvalue weighted by Crippen LogP contribution is -2.13. The van der Waals surface area contributed by atoms with Gasteiger partial charge in [-0.1, -0.05) is 22.0 Å². The minimum Gasteiger partial charge on any atom is -0.491 e. The van der Waals surface area contributed by atoms with Crippen LogP contribution in [-0.2, 0) is 0 Å². The first-order valence-electron chi connectivity index (χ1n) is 6.24. The first kappa shape index (κ1) is 14.5. The van der Waals surface area contributed by atoms with Crippen LogP contribution in [0, 0.1) is 0 Å². The van der Waals surface area contributed by atoms with Crippen LogP contribution in [0.25, 0.3) is 0 Å². The molecule has 1 aromatic carbocycles. The Labute approximate surface area is 126 Å². The van der Waals surface area contributed by atoms with Gasteiger partial charge < -0.3 is 10.1 Å². The van der Waals surface area contributed by atoms with E-state index >= 15 is 0 Å². The van der Waals surface area contributed by atoms with E-state index in [1.165, 1.54) is 0 Å². The normalized spacial score (nSPS) is 10.4. The van der Waals surface area contributed by atoms with Crippen molar-refractivity contribution in [3.05, 3.63) is 52.6 Å². The molecule has 1 heterocycles. The van der Waals surface area contributed by atoms with Gasteiger partial charge in [-0.05, 0) is 44.2 Å². The second-order valence-electron chi connectivity index (χ2n) is 4.51. The molecule has 4 nitrogen and oxygen atoms in total. The maximum absolute atomic E-state index is 12.1. The molecular formula is C15H15BrN2O2.